The maximum atomic E-state index is 14.0. The Hall–Kier alpha value is -2.11. The highest BCUT2D eigenvalue weighted by atomic mass is 35.5. The van der Waals surface area contributed by atoms with Crippen LogP contribution in [0.15, 0.2) is 53.5 Å². The Morgan fingerprint density at radius 3 is 2.76 bits per heavy atom. The van der Waals surface area contributed by atoms with Gasteiger partial charge >= 0.3 is 0 Å². The Morgan fingerprint density at radius 2 is 2.03 bits per heavy atom. The molecule has 0 aromatic heterocycles. The van der Waals surface area contributed by atoms with Crippen LogP contribution in [0.5, 0.6) is 5.75 Å². The monoisotopic (exact) mass is 435 g/mol. The highest BCUT2D eigenvalue weighted by Crippen LogP contribution is 2.36. The summed E-state index contributed by atoms with van der Waals surface area (Å²) in [6.07, 6.45) is 8.74. The zero-order chi connectivity index (χ0) is 21.0. The predicted molar refractivity (Wildman–Crippen MR) is 123 cm³/mol. The van der Waals surface area contributed by atoms with Gasteiger partial charge in [0.2, 0.25) is 0 Å². The number of benzene rings is 2. The summed E-state index contributed by atoms with van der Waals surface area (Å²) in [4.78, 5) is 0.874. The fourth-order valence-corrected chi connectivity index (χ4v) is 5.76. The Kier molecular flexibility index (Phi) is 6.81. The lowest BCUT2D eigenvalue weighted by Crippen LogP contribution is -2.18. The zero-order valence-corrected chi connectivity index (χ0v) is 18.4. The second-order valence-corrected chi connectivity index (χ2v) is 11.1. The lowest BCUT2D eigenvalue weighted by atomic mass is 9.96. The van der Waals surface area contributed by atoms with Gasteiger partial charge in [0.25, 0.3) is 0 Å². The third kappa shape index (κ3) is 5.28. The molecule has 3 nitrogen and oxygen atoms in total. The van der Waals surface area contributed by atoms with Gasteiger partial charge in [0, 0.05) is 26.9 Å². The average molecular weight is 436 g/mol. The first kappa shape index (κ1) is 21.6. The SMILES string of the molecule is COc1ccc(Cl)cc1C1=CC([SH](C)(=O)CCCc2ccc(N)cc2F)=CCC1. The number of rotatable bonds is 7. The molecule has 0 atom stereocenters. The lowest BCUT2D eigenvalue weighted by Gasteiger charge is -2.25. The van der Waals surface area contributed by atoms with Gasteiger partial charge in [-0.05, 0) is 79.5 Å². The maximum absolute atomic E-state index is 14.0. The molecular formula is C23H27ClFNO2S. The number of halogens is 2. The largest absolute Gasteiger partial charge is 0.496 e. The summed E-state index contributed by atoms with van der Waals surface area (Å²) in [5.41, 5.74) is 8.63. The molecule has 0 amide bonds. The first-order valence-corrected chi connectivity index (χ1v) is 12.4. The molecule has 0 fully saturated rings. The van der Waals surface area contributed by atoms with Crippen LogP contribution in [0.1, 0.15) is 30.4 Å². The Labute approximate surface area is 177 Å². The lowest BCUT2D eigenvalue weighted by molar-refractivity contribution is 0.413. The molecule has 0 heterocycles. The van der Waals surface area contributed by atoms with E-state index in [0.717, 1.165) is 34.6 Å². The number of methoxy groups -OCH3 is 1. The van der Waals surface area contributed by atoms with E-state index in [1.807, 2.05) is 24.5 Å². The first-order chi connectivity index (χ1) is 13.8. The number of nitrogen functional groups attached to an aromatic ring is 1. The fraction of sp³-hybridized carbons (Fsp3) is 0.304. The quantitative estimate of drug-likeness (QED) is 0.451. The predicted octanol–water partition coefficient (Wildman–Crippen LogP) is 5.41. The number of nitrogens with two attached hydrogens (primary N) is 1. The van der Waals surface area contributed by atoms with Crippen LogP contribution in [-0.4, -0.2) is 23.3 Å². The van der Waals surface area contributed by atoms with E-state index >= 15 is 0 Å². The minimum atomic E-state index is -2.56. The van der Waals surface area contributed by atoms with E-state index in [4.69, 9.17) is 22.1 Å². The molecule has 1 aliphatic rings. The third-order valence-corrected chi connectivity index (χ3v) is 8.06. The number of hydrogen-bond donors (Lipinski definition) is 2. The fourth-order valence-electron chi connectivity index (χ4n) is 3.63. The van der Waals surface area contributed by atoms with E-state index in [1.165, 1.54) is 6.07 Å². The molecule has 0 bridgehead atoms. The standard InChI is InChI=1S/C23H27ClFNO2S/c1-28-23-11-9-18(24)14-21(23)17-5-3-7-20(13-17)29(2,27)12-4-6-16-8-10-19(26)15-22(16)25/h7-11,13-15,29H,3-6,12,26H2,1-2H3. The average Bonchev–Trinajstić information content (AvgIpc) is 2.69. The molecule has 0 unspecified atom stereocenters. The van der Waals surface area contributed by atoms with Gasteiger partial charge in [0.15, 0.2) is 0 Å². The smallest absolute Gasteiger partial charge is 0.128 e. The van der Waals surface area contributed by atoms with E-state index in [2.05, 4.69) is 6.08 Å². The Morgan fingerprint density at radius 1 is 1.24 bits per heavy atom. The molecule has 29 heavy (non-hydrogen) atoms. The second-order valence-electron chi connectivity index (χ2n) is 7.46. The van der Waals surface area contributed by atoms with Crippen LogP contribution in [-0.2, 0) is 16.4 Å². The van der Waals surface area contributed by atoms with Crippen molar-refractivity contribution in [3.05, 3.63) is 75.4 Å². The van der Waals surface area contributed by atoms with E-state index in [-0.39, 0.29) is 5.82 Å². The van der Waals surface area contributed by atoms with Crippen LogP contribution >= 0.6 is 11.6 Å². The summed E-state index contributed by atoms with van der Waals surface area (Å²) in [5.74, 6) is 0.980. The molecule has 0 saturated heterocycles. The van der Waals surface area contributed by atoms with Gasteiger partial charge in [0.1, 0.15) is 11.6 Å². The maximum Gasteiger partial charge on any atom is 0.128 e. The highest BCUT2D eigenvalue weighted by Gasteiger charge is 2.19. The molecular weight excluding hydrogens is 409 g/mol. The number of thiol groups is 1. The van der Waals surface area contributed by atoms with Crippen molar-refractivity contribution in [2.75, 3.05) is 24.9 Å². The summed E-state index contributed by atoms with van der Waals surface area (Å²) in [5, 5.41) is 0.642. The second kappa shape index (κ2) is 9.14. The van der Waals surface area contributed by atoms with Crippen LogP contribution in [0, 0.1) is 5.82 Å². The van der Waals surface area contributed by atoms with Crippen LogP contribution < -0.4 is 10.5 Å². The molecule has 6 heteroatoms. The molecule has 2 aromatic carbocycles. The van der Waals surface area contributed by atoms with Gasteiger partial charge in [-0.2, -0.15) is 0 Å². The van der Waals surface area contributed by atoms with Crippen molar-refractivity contribution < 1.29 is 13.3 Å². The molecule has 3 rings (SSSR count). The number of anilines is 1. The molecule has 2 N–H and O–H groups in total. The molecule has 0 aliphatic heterocycles. The number of ether oxygens (including phenoxy) is 1. The Balaban J connectivity index is 1.74. The summed E-state index contributed by atoms with van der Waals surface area (Å²) < 4.78 is 32.9. The van der Waals surface area contributed by atoms with E-state index in [9.17, 15) is 8.60 Å². The van der Waals surface area contributed by atoms with Gasteiger partial charge in [-0.25, -0.2) is 4.39 Å². The van der Waals surface area contributed by atoms with Crippen molar-refractivity contribution in [1.82, 2.24) is 0 Å². The van der Waals surface area contributed by atoms with Gasteiger partial charge in [-0.15, -0.1) is 0 Å². The molecule has 156 valence electrons. The van der Waals surface area contributed by atoms with E-state index in [0.29, 0.717) is 34.9 Å². The third-order valence-electron chi connectivity index (χ3n) is 5.25. The van der Waals surface area contributed by atoms with Crippen molar-refractivity contribution >= 4 is 32.8 Å². The number of aryl methyl sites for hydroxylation is 1. The van der Waals surface area contributed by atoms with Crippen LogP contribution in [0.4, 0.5) is 10.1 Å². The topological polar surface area (TPSA) is 52.3 Å². The summed E-state index contributed by atoms with van der Waals surface area (Å²) in [6, 6.07) is 10.3. The minimum absolute atomic E-state index is 0.303. The molecule has 0 spiro atoms. The Bertz CT molecular complexity index is 1020. The van der Waals surface area contributed by atoms with Crippen LogP contribution in [0.25, 0.3) is 5.57 Å². The van der Waals surface area contributed by atoms with Crippen LogP contribution in [0.3, 0.4) is 0 Å². The summed E-state index contributed by atoms with van der Waals surface area (Å²) in [6.45, 7) is 0. The highest BCUT2D eigenvalue weighted by molar-refractivity contribution is 8.06. The first-order valence-electron chi connectivity index (χ1n) is 9.66. The van der Waals surface area contributed by atoms with Crippen molar-refractivity contribution in [3.63, 3.8) is 0 Å². The van der Waals surface area contributed by atoms with Crippen molar-refractivity contribution in [1.29, 1.82) is 0 Å². The molecule has 0 radical (unpaired) electrons. The van der Waals surface area contributed by atoms with Crippen molar-refractivity contribution in [3.8, 4) is 5.75 Å². The number of hydrogen-bond acceptors (Lipinski definition) is 3. The van der Waals surface area contributed by atoms with Gasteiger partial charge < -0.3 is 10.5 Å². The van der Waals surface area contributed by atoms with Crippen molar-refractivity contribution in [2.24, 2.45) is 0 Å². The summed E-state index contributed by atoms with van der Waals surface area (Å²) >= 11 is 6.18. The number of allylic oxidation sites excluding steroid dienone is 3. The van der Waals surface area contributed by atoms with Gasteiger partial charge in [-0.1, -0.05) is 33.7 Å². The normalized spacial score (nSPS) is 14.9. The zero-order valence-electron chi connectivity index (χ0n) is 16.8. The molecule has 2 aromatic rings. The van der Waals surface area contributed by atoms with Crippen molar-refractivity contribution in [2.45, 2.75) is 25.7 Å². The van der Waals surface area contributed by atoms with E-state index in [1.54, 1.807) is 25.3 Å². The summed E-state index contributed by atoms with van der Waals surface area (Å²) in [7, 11) is -0.926. The molecule has 0 saturated carbocycles. The van der Waals surface area contributed by atoms with Crippen LogP contribution in [0.2, 0.25) is 5.02 Å². The van der Waals surface area contributed by atoms with Gasteiger partial charge in [-0.3, -0.25) is 4.21 Å². The van der Waals surface area contributed by atoms with Gasteiger partial charge in [0.05, 0.1) is 7.11 Å². The van der Waals surface area contributed by atoms with E-state index < -0.39 is 9.93 Å². The minimum Gasteiger partial charge on any atom is -0.496 e. The molecule has 1 aliphatic carbocycles.